The molecule has 0 aliphatic heterocycles. The highest BCUT2D eigenvalue weighted by Gasteiger charge is 2.24. The van der Waals surface area contributed by atoms with Crippen molar-refractivity contribution in [3.8, 4) is 5.75 Å². The molecule has 1 rings (SSSR count). The minimum absolute atomic E-state index is 0.0384. The Labute approximate surface area is 116 Å². The summed E-state index contributed by atoms with van der Waals surface area (Å²) in [6.07, 6.45) is 0. The first-order chi connectivity index (χ1) is 8.11. The van der Waals surface area contributed by atoms with Crippen molar-refractivity contribution in [3.05, 3.63) is 27.7 Å². The van der Waals surface area contributed by atoms with Gasteiger partial charge in [-0.3, -0.25) is 0 Å². The summed E-state index contributed by atoms with van der Waals surface area (Å²) in [5.41, 5.74) is 5.52. The van der Waals surface area contributed by atoms with Crippen LogP contribution in [-0.4, -0.2) is 16.7 Å². The third kappa shape index (κ3) is 3.77. The van der Waals surface area contributed by atoms with Crippen LogP contribution in [0.4, 0.5) is 0 Å². The van der Waals surface area contributed by atoms with Gasteiger partial charge >= 0.3 is 5.97 Å². The number of aromatic hydroxyl groups is 1. The van der Waals surface area contributed by atoms with E-state index in [1.165, 1.54) is 12.1 Å². The van der Waals surface area contributed by atoms with E-state index in [1.807, 2.05) is 0 Å². The maximum Gasteiger partial charge on any atom is 0.328 e. The molecule has 0 amide bonds. The Hall–Kier alpha value is -0.970. The molecule has 0 saturated carbocycles. The number of ether oxygens (including phenoxy) is 1. The highest BCUT2D eigenvalue weighted by Crippen LogP contribution is 2.34. The lowest BCUT2D eigenvalue weighted by Gasteiger charge is -2.22. The summed E-state index contributed by atoms with van der Waals surface area (Å²) in [5.74, 6) is -0.821. The molecule has 0 aromatic heterocycles. The molecule has 1 atom stereocenters. The van der Waals surface area contributed by atoms with Crippen LogP contribution in [0.15, 0.2) is 12.1 Å². The second kappa shape index (κ2) is 5.34. The van der Waals surface area contributed by atoms with E-state index >= 15 is 0 Å². The molecular weight excluding hydrogens is 277 g/mol. The van der Waals surface area contributed by atoms with Gasteiger partial charge in [0, 0.05) is 0 Å². The molecule has 1 aromatic carbocycles. The van der Waals surface area contributed by atoms with Crippen molar-refractivity contribution in [1.29, 1.82) is 0 Å². The average Bonchev–Trinajstić information content (AvgIpc) is 2.21. The number of nitrogens with two attached hydrogens (primary N) is 1. The molecule has 0 fully saturated rings. The van der Waals surface area contributed by atoms with Crippen molar-refractivity contribution < 1.29 is 14.6 Å². The van der Waals surface area contributed by atoms with Gasteiger partial charge in [0.1, 0.15) is 11.6 Å². The van der Waals surface area contributed by atoms with Crippen molar-refractivity contribution in [1.82, 2.24) is 0 Å². The lowest BCUT2D eigenvalue weighted by atomic mass is 10.1. The fourth-order valence-corrected chi connectivity index (χ4v) is 1.77. The predicted molar refractivity (Wildman–Crippen MR) is 70.9 cm³/mol. The monoisotopic (exact) mass is 291 g/mol. The van der Waals surface area contributed by atoms with Crippen molar-refractivity contribution in [2.45, 2.75) is 32.4 Å². The van der Waals surface area contributed by atoms with E-state index < -0.39 is 17.6 Å². The number of phenolic OH excluding ortho intramolecular Hbond substituents is 1. The molecule has 0 unspecified atom stereocenters. The third-order valence-corrected chi connectivity index (χ3v) is 2.64. The lowest BCUT2D eigenvalue weighted by Crippen LogP contribution is -2.31. The summed E-state index contributed by atoms with van der Waals surface area (Å²) in [7, 11) is 0. The summed E-state index contributed by atoms with van der Waals surface area (Å²) >= 11 is 11.5. The van der Waals surface area contributed by atoms with Crippen LogP contribution in [0.25, 0.3) is 0 Å². The molecule has 6 heteroatoms. The molecule has 0 spiro atoms. The average molecular weight is 292 g/mol. The first-order valence-electron chi connectivity index (χ1n) is 5.28. The maximum absolute atomic E-state index is 11.8. The number of phenols is 1. The Morgan fingerprint density at radius 2 is 1.78 bits per heavy atom. The minimum atomic E-state index is -1.00. The van der Waals surface area contributed by atoms with Gasteiger partial charge in [0.15, 0.2) is 5.75 Å². The van der Waals surface area contributed by atoms with E-state index in [0.29, 0.717) is 5.56 Å². The van der Waals surface area contributed by atoms with Crippen molar-refractivity contribution in [2.75, 3.05) is 0 Å². The number of esters is 1. The highest BCUT2D eigenvalue weighted by molar-refractivity contribution is 6.37. The van der Waals surface area contributed by atoms with Crippen molar-refractivity contribution in [2.24, 2.45) is 5.73 Å². The van der Waals surface area contributed by atoms with E-state index in [-0.39, 0.29) is 15.8 Å². The summed E-state index contributed by atoms with van der Waals surface area (Å²) in [6, 6.07) is 1.77. The van der Waals surface area contributed by atoms with Crippen LogP contribution in [0, 0.1) is 0 Å². The SMILES string of the molecule is CC(C)(C)OC(=O)[C@H](N)c1cc(Cl)c(O)c(Cl)c1. The van der Waals surface area contributed by atoms with Gasteiger partial charge in [0.2, 0.25) is 0 Å². The van der Waals surface area contributed by atoms with Gasteiger partial charge < -0.3 is 15.6 Å². The Kier molecular flexibility index (Phi) is 4.48. The molecule has 0 bridgehead atoms. The van der Waals surface area contributed by atoms with E-state index in [0.717, 1.165) is 0 Å². The number of hydrogen-bond donors (Lipinski definition) is 2. The fraction of sp³-hybridized carbons (Fsp3) is 0.417. The molecule has 100 valence electrons. The Balaban J connectivity index is 2.97. The van der Waals surface area contributed by atoms with Gasteiger partial charge in [0.25, 0.3) is 0 Å². The lowest BCUT2D eigenvalue weighted by molar-refractivity contribution is -0.156. The van der Waals surface area contributed by atoms with Crippen LogP contribution in [-0.2, 0) is 9.53 Å². The second-order valence-electron chi connectivity index (χ2n) is 4.84. The second-order valence-corrected chi connectivity index (χ2v) is 5.66. The topological polar surface area (TPSA) is 72.5 Å². The molecule has 4 nitrogen and oxygen atoms in total. The maximum atomic E-state index is 11.8. The van der Waals surface area contributed by atoms with Gasteiger partial charge in [-0.15, -0.1) is 0 Å². The number of hydrogen-bond acceptors (Lipinski definition) is 4. The van der Waals surface area contributed by atoms with E-state index in [9.17, 15) is 9.90 Å². The Morgan fingerprint density at radius 1 is 1.33 bits per heavy atom. The van der Waals surface area contributed by atoms with Crippen molar-refractivity contribution >= 4 is 29.2 Å². The number of halogens is 2. The number of carbonyl (C=O) groups excluding carboxylic acids is 1. The molecule has 0 aliphatic carbocycles. The minimum Gasteiger partial charge on any atom is -0.505 e. The van der Waals surface area contributed by atoms with E-state index in [4.69, 9.17) is 33.7 Å². The molecule has 3 N–H and O–H groups in total. The summed E-state index contributed by atoms with van der Waals surface area (Å²) in [6.45, 7) is 5.23. The van der Waals surface area contributed by atoms with E-state index in [2.05, 4.69) is 0 Å². The summed E-state index contributed by atoms with van der Waals surface area (Å²) < 4.78 is 5.15. The first-order valence-corrected chi connectivity index (χ1v) is 6.04. The van der Waals surface area contributed by atoms with Gasteiger partial charge in [-0.1, -0.05) is 23.2 Å². The van der Waals surface area contributed by atoms with Crippen LogP contribution >= 0.6 is 23.2 Å². The molecule has 1 aromatic rings. The van der Waals surface area contributed by atoms with Crippen LogP contribution in [0.3, 0.4) is 0 Å². The fourth-order valence-electron chi connectivity index (χ4n) is 1.27. The van der Waals surface area contributed by atoms with Crippen molar-refractivity contribution in [3.63, 3.8) is 0 Å². The molecule has 18 heavy (non-hydrogen) atoms. The Morgan fingerprint density at radius 3 is 2.17 bits per heavy atom. The number of rotatable bonds is 2. The van der Waals surface area contributed by atoms with Crippen LogP contribution < -0.4 is 5.73 Å². The van der Waals surface area contributed by atoms with Gasteiger partial charge in [-0.05, 0) is 38.5 Å². The largest absolute Gasteiger partial charge is 0.505 e. The zero-order valence-electron chi connectivity index (χ0n) is 10.3. The van der Waals surface area contributed by atoms with Gasteiger partial charge in [-0.25, -0.2) is 4.79 Å². The van der Waals surface area contributed by atoms with Gasteiger partial charge in [0.05, 0.1) is 10.0 Å². The van der Waals surface area contributed by atoms with Gasteiger partial charge in [-0.2, -0.15) is 0 Å². The zero-order chi connectivity index (χ0) is 14.1. The highest BCUT2D eigenvalue weighted by atomic mass is 35.5. The molecular formula is C12H15Cl2NO3. The predicted octanol–water partition coefficient (Wildman–Crippen LogP) is 3.04. The summed E-state index contributed by atoms with van der Waals surface area (Å²) in [5, 5.41) is 9.49. The van der Waals surface area contributed by atoms with Crippen LogP contribution in [0.5, 0.6) is 5.75 Å². The molecule has 0 radical (unpaired) electrons. The number of benzene rings is 1. The normalized spacial score (nSPS) is 13.2. The quantitative estimate of drug-likeness (QED) is 0.822. The smallest absolute Gasteiger partial charge is 0.328 e. The third-order valence-electron chi connectivity index (χ3n) is 2.06. The Bertz CT molecular complexity index is 446. The van der Waals surface area contributed by atoms with E-state index in [1.54, 1.807) is 20.8 Å². The van der Waals surface area contributed by atoms with Crippen LogP contribution in [0.2, 0.25) is 10.0 Å². The van der Waals surface area contributed by atoms with Crippen LogP contribution in [0.1, 0.15) is 32.4 Å². The molecule has 0 heterocycles. The number of carbonyl (C=O) groups is 1. The standard InChI is InChI=1S/C12H15Cl2NO3/c1-12(2,3)18-11(17)9(15)6-4-7(13)10(16)8(14)5-6/h4-5,9,16H,15H2,1-3H3/t9-/m1/s1. The zero-order valence-corrected chi connectivity index (χ0v) is 11.8. The first kappa shape index (κ1) is 15.1. The summed E-state index contributed by atoms with van der Waals surface area (Å²) in [4.78, 5) is 11.8. The molecule has 0 aliphatic rings. The molecule has 0 saturated heterocycles.